The van der Waals surface area contributed by atoms with Crippen molar-refractivity contribution in [3.63, 3.8) is 0 Å². The number of anilines is 1. The molecule has 0 unspecified atom stereocenters. The van der Waals surface area contributed by atoms with Crippen LogP contribution in [0.5, 0.6) is 0 Å². The summed E-state index contributed by atoms with van der Waals surface area (Å²) in [7, 11) is 0. The number of aromatic nitrogens is 4. The molecule has 4 aromatic rings. The van der Waals surface area contributed by atoms with E-state index >= 15 is 0 Å². The van der Waals surface area contributed by atoms with E-state index in [1.54, 1.807) is 23.5 Å². The van der Waals surface area contributed by atoms with Crippen molar-refractivity contribution < 1.29 is 13.9 Å². The number of rotatable bonds is 7. The Bertz CT molecular complexity index is 1280. The van der Waals surface area contributed by atoms with Gasteiger partial charge in [0.25, 0.3) is 0 Å². The van der Waals surface area contributed by atoms with E-state index in [-0.39, 0.29) is 23.6 Å². The van der Waals surface area contributed by atoms with Crippen LogP contribution in [0.3, 0.4) is 0 Å². The third kappa shape index (κ3) is 5.07. The van der Waals surface area contributed by atoms with Gasteiger partial charge in [0.15, 0.2) is 11.0 Å². The first-order valence-electron chi connectivity index (χ1n) is 10.7. The van der Waals surface area contributed by atoms with E-state index in [1.165, 1.54) is 23.9 Å². The van der Waals surface area contributed by atoms with Gasteiger partial charge in [0, 0.05) is 17.9 Å². The maximum absolute atomic E-state index is 13.4. The van der Waals surface area contributed by atoms with Crippen LogP contribution in [0.1, 0.15) is 17.8 Å². The Kier molecular flexibility index (Phi) is 6.39. The Morgan fingerprint density at radius 3 is 2.91 bits per heavy atom. The summed E-state index contributed by atoms with van der Waals surface area (Å²) in [5, 5.41) is 13.2. The lowest BCUT2D eigenvalue weighted by Gasteiger charge is -2.14. The molecule has 1 amide bonds. The summed E-state index contributed by atoms with van der Waals surface area (Å²) in [5.41, 5.74) is 2.44. The summed E-state index contributed by atoms with van der Waals surface area (Å²) in [4.78, 5) is 17.1. The van der Waals surface area contributed by atoms with Crippen molar-refractivity contribution in [3.8, 4) is 11.4 Å². The molecule has 0 bridgehead atoms. The fourth-order valence-electron chi connectivity index (χ4n) is 3.81. The predicted octanol–water partition coefficient (Wildman–Crippen LogP) is 4.91. The fourth-order valence-corrected chi connectivity index (χ4v) is 5.42. The van der Waals surface area contributed by atoms with Crippen molar-refractivity contribution in [1.82, 2.24) is 19.7 Å². The van der Waals surface area contributed by atoms with E-state index in [0.717, 1.165) is 45.9 Å². The van der Waals surface area contributed by atoms with Gasteiger partial charge in [-0.25, -0.2) is 9.37 Å². The molecule has 0 spiro atoms. The van der Waals surface area contributed by atoms with Gasteiger partial charge in [-0.3, -0.25) is 9.36 Å². The van der Waals surface area contributed by atoms with Crippen LogP contribution < -0.4 is 5.32 Å². The highest BCUT2D eigenvalue weighted by Crippen LogP contribution is 2.28. The topological polar surface area (TPSA) is 81.9 Å². The first kappa shape index (κ1) is 22.0. The third-order valence-corrected chi connectivity index (χ3v) is 7.24. The molecule has 1 fully saturated rings. The summed E-state index contributed by atoms with van der Waals surface area (Å²) in [5.74, 6) is 0.393. The van der Waals surface area contributed by atoms with Crippen LogP contribution in [0.15, 0.2) is 47.6 Å². The summed E-state index contributed by atoms with van der Waals surface area (Å²) in [6.45, 7) is 3.30. The number of thiazole rings is 1. The maximum atomic E-state index is 13.4. The van der Waals surface area contributed by atoms with Gasteiger partial charge >= 0.3 is 0 Å². The van der Waals surface area contributed by atoms with Gasteiger partial charge in [-0.05, 0) is 62.2 Å². The van der Waals surface area contributed by atoms with Gasteiger partial charge in [-0.1, -0.05) is 11.8 Å². The second kappa shape index (κ2) is 9.58. The standard InChI is InChI=1S/C23H22FN5O2S2/c1-14-25-19-9-8-17(11-20(19)33-14)26-21(30)13-32-23-28-27-22(15-4-6-16(24)7-5-15)29(23)12-18-3-2-10-31-18/h4-9,11,18H,2-3,10,12-13H2,1H3,(H,26,30)/t18-/m1/s1. The third-order valence-electron chi connectivity index (χ3n) is 5.34. The van der Waals surface area contributed by atoms with Gasteiger partial charge in [0.2, 0.25) is 5.91 Å². The van der Waals surface area contributed by atoms with E-state index in [1.807, 2.05) is 29.7 Å². The summed E-state index contributed by atoms with van der Waals surface area (Å²) in [6.07, 6.45) is 2.06. The predicted molar refractivity (Wildman–Crippen MR) is 128 cm³/mol. The van der Waals surface area contributed by atoms with E-state index in [4.69, 9.17) is 4.74 Å². The molecule has 3 heterocycles. The number of benzene rings is 2. The first-order valence-corrected chi connectivity index (χ1v) is 12.5. The van der Waals surface area contributed by atoms with Crippen molar-refractivity contribution in [2.24, 2.45) is 0 Å². The Labute approximate surface area is 198 Å². The molecule has 7 nitrogen and oxygen atoms in total. The molecule has 10 heteroatoms. The van der Waals surface area contributed by atoms with Crippen LogP contribution in [-0.2, 0) is 16.1 Å². The van der Waals surface area contributed by atoms with Crippen LogP contribution in [0, 0.1) is 12.7 Å². The summed E-state index contributed by atoms with van der Waals surface area (Å²) < 4.78 is 22.2. The molecule has 0 radical (unpaired) electrons. The molecule has 33 heavy (non-hydrogen) atoms. The zero-order chi connectivity index (χ0) is 22.8. The molecule has 1 N–H and O–H groups in total. The SMILES string of the molecule is Cc1nc2ccc(NC(=O)CSc3nnc(-c4ccc(F)cc4)n3C[C@H]3CCCO3)cc2s1. The molecule has 0 saturated carbocycles. The molecule has 1 aliphatic heterocycles. The number of aryl methyl sites for hydroxylation is 1. The number of hydrogen-bond donors (Lipinski definition) is 1. The minimum atomic E-state index is -0.304. The van der Waals surface area contributed by atoms with Crippen LogP contribution >= 0.6 is 23.1 Å². The lowest BCUT2D eigenvalue weighted by Crippen LogP contribution is -2.18. The molecule has 0 aliphatic carbocycles. The number of fused-ring (bicyclic) bond motifs is 1. The maximum Gasteiger partial charge on any atom is 0.234 e. The lowest BCUT2D eigenvalue weighted by atomic mass is 10.2. The number of hydrogen-bond acceptors (Lipinski definition) is 7. The number of ether oxygens (including phenoxy) is 1. The highest BCUT2D eigenvalue weighted by molar-refractivity contribution is 7.99. The highest BCUT2D eigenvalue weighted by Gasteiger charge is 2.22. The van der Waals surface area contributed by atoms with Gasteiger partial charge in [-0.15, -0.1) is 21.5 Å². The van der Waals surface area contributed by atoms with Crippen LogP contribution in [-0.4, -0.2) is 44.1 Å². The van der Waals surface area contributed by atoms with Gasteiger partial charge in [-0.2, -0.15) is 0 Å². The van der Waals surface area contributed by atoms with E-state index in [0.29, 0.717) is 17.5 Å². The van der Waals surface area contributed by atoms with Crippen LogP contribution in [0.2, 0.25) is 0 Å². The molecule has 1 saturated heterocycles. The Morgan fingerprint density at radius 2 is 2.12 bits per heavy atom. The number of nitrogens with one attached hydrogen (secondary N) is 1. The second-order valence-corrected chi connectivity index (χ2v) is 9.99. The normalized spacial score (nSPS) is 15.9. The molecule has 2 aromatic heterocycles. The zero-order valence-corrected chi connectivity index (χ0v) is 19.6. The monoisotopic (exact) mass is 483 g/mol. The van der Waals surface area contributed by atoms with Crippen LogP contribution in [0.4, 0.5) is 10.1 Å². The molecular weight excluding hydrogens is 461 g/mol. The number of thioether (sulfide) groups is 1. The van der Waals surface area contributed by atoms with Crippen LogP contribution in [0.25, 0.3) is 21.6 Å². The van der Waals surface area contributed by atoms with Crippen molar-refractivity contribution in [3.05, 3.63) is 53.3 Å². The summed E-state index contributed by atoms with van der Waals surface area (Å²) >= 11 is 2.92. The number of carbonyl (C=O) groups excluding carboxylic acids is 1. The molecular formula is C23H22FN5O2S2. The largest absolute Gasteiger partial charge is 0.376 e. The first-order chi connectivity index (χ1) is 16.0. The second-order valence-electron chi connectivity index (χ2n) is 7.81. The quantitative estimate of drug-likeness (QED) is 0.376. The van der Waals surface area contributed by atoms with E-state index < -0.39 is 0 Å². The molecule has 2 aromatic carbocycles. The number of amides is 1. The minimum absolute atomic E-state index is 0.0722. The lowest BCUT2D eigenvalue weighted by molar-refractivity contribution is -0.113. The van der Waals surface area contributed by atoms with Crippen molar-refractivity contribution in [2.75, 3.05) is 17.7 Å². The van der Waals surface area contributed by atoms with Crippen molar-refractivity contribution >= 4 is 44.9 Å². The Balaban J connectivity index is 1.31. The Morgan fingerprint density at radius 1 is 1.27 bits per heavy atom. The highest BCUT2D eigenvalue weighted by atomic mass is 32.2. The zero-order valence-electron chi connectivity index (χ0n) is 18.0. The smallest absolute Gasteiger partial charge is 0.234 e. The van der Waals surface area contributed by atoms with Gasteiger partial charge < -0.3 is 10.1 Å². The van der Waals surface area contributed by atoms with Gasteiger partial charge in [0.05, 0.1) is 33.6 Å². The molecule has 1 atom stereocenters. The van der Waals surface area contributed by atoms with E-state index in [2.05, 4.69) is 20.5 Å². The van der Waals surface area contributed by atoms with Crippen molar-refractivity contribution in [1.29, 1.82) is 0 Å². The Hall–Kier alpha value is -2.82. The minimum Gasteiger partial charge on any atom is -0.376 e. The number of carbonyl (C=O) groups is 1. The average molecular weight is 484 g/mol. The molecule has 170 valence electrons. The van der Waals surface area contributed by atoms with Gasteiger partial charge in [0.1, 0.15) is 5.82 Å². The number of halogens is 1. The average Bonchev–Trinajstić information content (AvgIpc) is 3.53. The summed E-state index contributed by atoms with van der Waals surface area (Å²) in [6, 6.07) is 11.9. The molecule has 1 aliphatic rings. The molecule has 5 rings (SSSR count). The fraction of sp³-hybridized carbons (Fsp3) is 0.304. The number of nitrogens with zero attached hydrogens (tertiary/aromatic N) is 4. The van der Waals surface area contributed by atoms with E-state index in [9.17, 15) is 9.18 Å². The van der Waals surface area contributed by atoms with Crippen molar-refractivity contribution in [2.45, 2.75) is 37.6 Å².